The number of nitrogens with one attached hydrogen (secondary N) is 1. The van der Waals surface area contributed by atoms with Gasteiger partial charge in [-0.1, -0.05) is 6.92 Å². The van der Waals surface area contributed by atoms with E-state index in [9.17, 15) is 4.39 Å². The summed E-state index contributed by atoms with van der Waals surface area (Å²) in [5.41, 5.74) is 0. The average molecular weight is 330 g/mol. The van der Waals surface area contributed by atoms with Crippen molar-refractivity contribution in [2.45, 2.75) is 38.6 Å². The van der Waals surface area contributed by atoms with Gasteiger partial charge in [0.05, 0.1) is 4.47 Å². The smallest absolute Gasteiger partial charge is 0.136 e. The molecule has 0 aliphatic heterocycles. The fourth-order valence-corrected chi connectivity index (χ4v) is 2.84. The van der Waals surface area contributed by atoms with Crippen LogP contribution in [-0.4, -0.2) is 19.2 Å². The second-order valence-corrected chi connectivity index (χ2v) is 6.19. The number of ether oxygens (including phenoxy) is 1. The summed E-state index contributed by atoms with van der Waals surface area (Å²) in [6.45, 7) is 3.69. The molecule has 106 valence electrons. The van der Waals surface area contributed by atoms with Crippen LogP contribution in [0.4, 0.5) is 4.39 Å². The first kappa shape index (κ1) is 14.8. The van der Waals surface area contributed by atoms with Crippen LogP contribution in [0.5, 0.6) is 5.75 Å². The first-order valence-electron chi connectivity index (χ1n) is 6.96. The van der Waals surface area contributed by atoms with Crippen LogP contribution in [0.25, 0.3) is 0 Å². The molecule has 0 spiro atoms. The van der Waals surface area contributed by atoms with E-state index in [4.69, 9.17) is 4.74 Å². The SMILES string of the molecule is CC1CCC(NCCOc2cc(F)ccc2Br)CC1. The Bertz CT molecular complexity index is 405. The molecule has 0 amide bonds. The Labute approximate surface area is 122 Å². The van der Waals surface area contributed by atoms with Gasteiger partial charge in [-0.3, -0.25) is 0 Å². The molecule has 0 heterocycles. The lowest BCUT2D eigenvalue weighted by molar-refractivity contribution is 0.269. The highest BCUT2D eigenvalue weighted by Gasteiger charge is 2.17. The minimum Gasteiger partial charge on any atom is -0.491 e. The van der Waals surface area contributed by atoms with Crippen LogP contribution in [0.2, 0.25) is 0 Å². The van der Waals surface area contributed by atoms with Crippen molar-refractivity contribution >= 4 is 15.9 Å². The van der Waals surface area contributed by atoms with Crippen molar-refractivity contribution < 1.29 is 9.13 Å². The molecule has 0 bridgehead atoms. The van der Waals surface area contributed by atoms with Crippen LogP contribution in [0, 0.1) is 11.7 Å². The van der Waals surface area contributed by atoms with Gasteiger partial charge >= 0.3 is 0 Å². The van der Waals surface area contributed by atoms with Crippen LogP contribution in [0.15, 0.2) is 22.7 Å². The number of halogens is 2. The Hall–Kier alpha value is -0.610. The summed E-state index contributed by atoms with van der Waals surface area (Å²) in [4.78, 5) is 0. The molecule has 1 aromatic rings. The minimum absolute atomic E-state index is 0.271. The maximum absolute atomic E-state index is 13.1. The summed E-state index contributed by atoms with van der Waals surface area (Å²) in [5.74, 6) is 1.17. The standard InChI is InChI=1S/C15H21BrFNO/c1-11-2-5-13(6-3-11)18-8-9-19-15-10-12(17)4-7-14(15)16/h4,7,10-11,13,18H,2-3,5-6,8-9H2,1H3. The van der Waals surface area contributed by atoms with Gasteiger partial charge in [-0.25, -0.2) is 4.39 Å². The topological polar surface area (TPSA) is 21.3 Å². The quantitative estimate of drug-likeness (QED) is 0.820. The fourth-order valence-electron chi connectivity index (χ4n) is 2.48. The molecular formula is C15H21BrFNO. The van der Waals surface area contributed by atoms with Crippen molar-refractivity contribution in [2.24, 2.45) is 5.92 Å². The summed E-state index contributed by atoms with van der Waals surface area (Å²) in [6, 6.07) is 5.11. The van der Waals surface area contributed by atoms with Gasteiger partial charge in [0, 0.05) is 18.7 Å². The van der Waals surface area contributed by atoms with E-state index in [1.54, 1.807) is 6.07 Å². The van der Waals surface area contributed by atoms with Crippen LogP contribution < -0.4 is 10.1 Å². The Morgan fingerprint density at radius 1 is 1.32 bits per heavy atom. The first-order valence-corrected chi connectivity index (χ1v) is 7.75. The Balaban J connectivity index is 1.68. The second-order valence-electron chi connectivity index (χ2n) is 5.33. The molecule has 0 aromatic heterocycles. The van der Waals surface area contributed by atoms with Crippen LogP contribution in [0.1, 0.15) is 32.6 Å². The third-order valence-corrected chi connectivity index (χ3v) is 4.36. The van der Waals surface area contributed by atoms with Gasteiger partial charge in [0.1, 0.15) is 18.2 Å². The lowest BCUT2D eigenvalue weighted by atomic mass is 9.87. The van der Waals surface area contributed by atoms with Crippen molar-refractivity contribution in [3.63, 3.8) is 0 Å². The molecule has 0 saturated heterocycles. The van der Waals surface area contributed by atoms with E-state index in [-0.39, 0.29) is 5.82 Å². The summed E-state index contributed by atoms with van der Waals surface area (Å²) < 4.78 is 19.4. The fraction of sp³-hybridized carbons (Fsp3) is 0.600. The van der Waals surface area contributed by atoms with E-state index < -0.39 is 0 Å². The van der Waals surface area contributed by atoms with E-state index >= 15 is 0 Å². The summed E-state index contributed by atoms with van der Waals surface area (Å²) in [7, 11) is 0. The van der Waals surface area contributed by atoms with Crippen LogP contribution >= 0.6 is 15.9 Å². The molecule has 0 unspecified atom stereocenters. The Kier molecular flexibility index (Phi) is 5.64. The average Bonchev–Trinajstić information content (AvgIpc) is 2.40. The number of hydrogen-bond donors (Lipinski definition) is 1. The van der Waals surface area contributed by atoms with Gasteiger partial charge in [-0.05, 0) is 59.7 Å². The zero-order valence-electron chi connectivity index (χ0n) is 11.3. The molecule has 2 rings (SSSR count). The zero-order chi connectivity index (χ0) is 13.7. The molecule has 2 nitrogen and oxygen atoms in total. The van der Waals surface area contributed by atoms with Crippen LogP contribution in [0.3, 0.4) is 0 Å². The second kappa shape index (κ2) is 7.25. The summed E-state index contributed by atoms with van der Waals surface area (Å²) in [5, 5.41) is 3.51. The van der Waals surface area contributed by atoms with Crippen molar-refractivity contribution in [3.05, 3.63) is 28.5 Å². The normalized spacial score (nSPS) is 23.3. The van der Waals surface area contributed by atoms with Crippen molar-refractivity contribution in [3.8, 4) is 5.75 Å². The predicted molar refractivity (Wildman–Crippen MR) is 79.0 cm³/mol. The lowest BCUT2D eigenvalue weighted by Crippen LogP contribution is -2.35. The van der Waals surface area contributed by atoms with Gasteiger partial charge in [0.2, 0.25) is 0 Å². The molecule has 1 aliphatic rings. The van der Waals surface area contributed by atoms with E-state index in [1.807, 2.05) is 0 Å². The van der Waals surface area contributed by atoms with Crippen molar-refractivity contribution in [2.75, 3.05) is 13.2 Å². The molecule has 1 aliphatic carbocycles. The Morgan fingerprint density at radius 2 is 2.05 bits per heavy atom. The van der Waals surface area contributed by atoms with Crippen molar-refractivity contribution in [1.82, 2.24) is 5.32 Å². The van der Waals surface area contributed by atoms with Gasteiger partial charge in [0.25, 0.3) is 0 Å². The number of benzene rings is 1. The van der Waals surface area contributed by atoms with Crippen molar-refractivity contribution in [1.29, 1.82) is 0 Å². The third kappa shape index (κ3) is 4.77. The van der Waals surface area contributed by atoms with Crippen LogP contribution in [-0.2, 0) is 0 Å². The third-order valence-electron chi connectivity index (χ3n) is 3.70. The van der Waals surface area contributed by atoms with E-state index in [2.05, 4.69) is 28.2 Å². The van der Waals surface area contributed by atoms with E-state index in [1.165, 1.54) is 37.8 Å². The minimum atomic E-state index is -0.271. The van der Waals surface area contributed by atoms with E-state index in [0.717, 1.165) is 16.9 Å². The lowest BCUT2D eigenvalue weighted by Gasteiger charge is -2.27. The molecular weight excluding hydrogens is 309 g/mol. The molecule has 1 fully saturated rings. The van der Waals surface area contributed by atoms with Gasteiger partial charge in [-0.15, -0.1) is 0 Å². The zero-order valence-corrected chi connectivity index (χ0v) is 12.9. The van der Waals surface area contributed by atoms with Gasteiger partial charge < -0.3 is 10.1 Å². The Morgan fingerprint density at radius 3 is 2.79 bits per heavy atom. The summed E-state index contributed by atoms with van der Waals surface area (Å²) >= 11 is 3.35. The predicted octanol–water partition coefficient (Wildman–Crippen LogP) is 4.14. The largest absolute Gasteiger partial charge is 0.491 e. The highest BCUT2D eigenvalue weighted by Crippen LogP contribution is 2.25. The molecule has 4 heteroatoms. The molecule has 1 saturated carbocycles. The number of hydrogen-bond acceptors (Lipinski definition) is 2. The molecule has 19 heavy (non-hydrogen) atoms. The highest BCUT2D eigenvalue weighted by molar-refractivity contribution is 9.10. The first-order chi connectivity index (χ1) is 9.15. The molecule has 1 aromatic carbocycles. The number of rotatable bonds is 5. The monoisotopic (exact) mass is 329 g/mol. The molecule has 0 atom stereocenters. The van der Waals surface area contributed by atoms with Gasteiger partial charge in [-0.2, -0.15) is 0 Å². The molecule has 1 N–H and O–H groups in total. The van der Waals surface area contributed by atoms with E-state index in [0.29, 0.717) is 18.4 Å². The highest BCUT2D eigenvalue weighted by atomic mass is 79.9. The van der Waals surface area contributed by atoms with Gasteiger partial charge in [0.15, 0.2) is 0 Å². The molecule has 0 radical (unpaired) electrons. The summed E-state index contributed by atoms with van der Waals surface area (Å²) in [6.07, 6.45) is 5.14. The maximum atomic E-state index is 13.1. The maximum Gasteiger partial charge on any atom is 0.136 e.